The molecule has 0 atom stereocenters. The van der Waals surface area contributed by atoms with Crippen molar-refractivity contribution in [2.75, 3.05) is 44.4 Å². The third-order valence-corrected chi connectivity index (χ3v) is 6.62. The number of hydrogen-bond donors (Lipinski definition) is 1. The van der Waals surface area contributed by atoms with Crippen molar-refractivity contribution in [3.8, 4) is 16.9 Å². The van der Waals surface area contributed by atoms with Gasteiger partial charge < -0.3 is 14.7 Å². The van der Waals surface area contributed by atoms with Gasteiger partial charge in [-0.15, -0.1) is 0 Å². The molecular formula is C28H30N2O4S. The topological polar surface area (TPSA) is 71.4 Å². The van der Waals surface area contributed by atoms with E-state index in [0.29, 0.717) is 24.5 Å². The van der Waals surface area contributed by atoms with Crippen LogP contribution in [0, 0.1) is 0 Å². The van der Waals surface area contributed by atoms with Gasteiger partial charge in [-0.25, -0.2) is 0 Å². The molecular weight excluding hydrogens is 460 g/mol. The minimum atomic E-state index is -0.864. The maximum atomic E-state index is 10.9. The number of carbonyl (C=O) groups is 1. The van der Waals surface area contributed by atoms with E-state index in [2.05, 4.69) is 46.5 Å². The van der Waals surface area contributed by atoms with Gasteiger partial charge in [0.25, 0.3) is 0 Å². The van der Waals surface area contributed by atoms with Gasteiger partial charge in [0.15, 0.2) is 6.61 Å². The maximum absolute atomic E-state index is 10.9. The van der Waals surface area contributed by atoms with Gasteiger partial charge >= 0.3 is 5.97 Å². The van der Waals surface area contributed by atoms with Crippen LogP contribution in [0.15, 0.2) is 84.0 Å². The average molecular weight is 491 g/mol. The zero-order valence-electron chi connectivity index (χ0n) is 19.6. The van der Waals surface area contributed by atoms with Gasteiger partial charge in [-0.05, 0) is 28.8 Å². The molecule has 0 aromatic heterocycles. The number of carboxylic acid groups (broad SMARTS) is 1. The molecule has 1 N–H and O–H groups in total. The van der Waals surface area contributed by atoms with Gasteiger partial charge in [0.05, 0.1) is 6.42 Å². The summed E-state index contributed by atoms with van der Waals surface area (Å²) in [5.41, 5.74) is 5.01. The first kappa shape index (κ1) is 24.8. The highest BCUT2D eigenvalue weighted by molar-refractivity contribution is 7.99. The second kappa shape index (κ2) is 13.0. The molecule has 3 aromatic rings. The Kier molecular flexibility index (Phi) is 9.20. The molecule has 0 amide bonds. The zero-order chi connectivity index (χ0) is 24.3. The van der Waals surface area contributed by atoms with Crippen LogP contribution >= 0.6 is 11.8 Å². The maximum Gasteiger partial charge on any atom is 0.307 e. The first-order chi connectivity index (χ1) is 17.2. The lowest BCUT2D eigenvalue weighted by molar-refractivity contribution is -0.136. The molecule has 1 fully saturated rings. The fourth-order valence-corrected chi connectivity index (χ4v) is 4.85. The van der Waals surface area contributed by atoms with Crippen molar-refractivity contribution in [3.05, 3.63) is 90.0 Å². The molecule has 0 aliphatic carbocycles. The van der Waals surface area contributed by atoms with E-state index in [9.17, 15) is 4.79 Å². The van der Waals surface area contributed by atoms with Gasteiger partial charge in [-0.3, -0.25) is 9.69 Å². The van der Waals surface area contributed by atoms with E-state index in [1.54, 1.807) is 18.2 Å². The molecule has 3 aromatic carbocycles. The predicted molar refractivity (Wildman–Crippen MR) is 141 cm³/mol. The Morgan fingerprint density at radius 2 is 1.66 bits per heavy atom. The van der Waals surface area contributed by atoms with Crippen LogP contribution < -0.4 is 4.74 Å². The van der Waals surface area contributed by atoms with Crippen molar-refractivity contribution < 1.29 is 19.5 Å². The fourth-order valence-electron chi connectivity index (χ4n) is 3.87. The van der Waals surface area contributed by atoms with Gasteiger partial charge in [0.1, 0.15) is 18.1 Å². The monoisotopic (exact) mass is 490 g/mol. The molecule has 1 aliphatic heterocycles. The molecule has 0 radical (unpaired) electrons. The number of benzene rings is 3. The molecule has 0 saturated carbocycles. The third-order valence-electron chi connectivity index (χ3n) is 5.67. The number of oxime groups is 1. The number of ether oxygens (including phenoxy) is 1. The van der Waals surface area contributed by atoms with Crippen LogP contribution in [0.2, 0.25) is 0 Å². The summed E-state index contributed by atoms with van der Waals surface area (Å²) >= 11 is 1.99. The molecule has 1 heterocycles. The van der Waals surface area contributed by atoms with Gasteiger partial charge in [-0.1, -0.05) is 71.9 Å². The Labute approximate surface area is 210 Å². The summed E-state index contributed by atoms with van der Waals surface area (Å²) in [6.45, 7) is 3.44. The average Bonchev–Trinajstić information content (AvgIpc) is 2.89. The second-order valence-electron chi connectivity index (χ2n) is 8.27. The van der Waals surface area contributed by atoms with Gasteiger partial charge in [0.2, 0.25) is 0 Å². The van der Waals surface area contributed by atoms with E-state index in [4.69, 9.17) is 14.7 Å². The lowest BCUT2D eigenvalue weighted by atomic mass is 10.0. The number of rotatable bonds is 11. The summed E-state index contributed by atoms with van der Waals surface area (Å²) in [7, 11) is 0. The summed E-state index contributed by atoms with van der Waals surface area (Å²) in [5, 5.41) is 13.4. The summed E-state index contributed by atoms with van der Waals surface area (Å²) in [5.74, 6) is 2.03. The number of carboxylic acids is 1. The number of hydrogen-bond acceptors (Lipinski definition) is 6. The summed E-state index contributed by atoms with van der Waals surface area (Å²) in [6, 6.07) is 25.9. The van der Waals surface area contributed by atoms with Crippen LogP contribution in [0.25, 0.3) is 11.1 Å². The van der Waals surface area contributed by atoms with Gasteiger partial charge in [0, 0.05) is 36.7 Å². The molecule has 35 heavy (non-hydrogen) atoms. The van der Waals surface area contributed by atoms with Crippen LogP contribution in [0.5, 0.6) is 5.75 Å². The Morgan fingerprint density at radius 1 is 0.914 bits per heavy atom. The van der Waals surface area contributed by atoms with E-state index in [-0.39, 0.29) is 6.42 Å². The summed E-state index contributed by atoms with van der Waals surface area (Å²) in [6.07, 6.45) is -0.0284. The van der Waals surface area contributed by atoms with Crippen molar-refractivity contribution in [1.29, 1.82) is 0 Å². The third kappa shape index (κ3) is 7.87. The molecule has 0 unspecified atom stereocenters. The highest BCUT2D eigenvalue weighted by atomic mass is 32.2. The quantitative estimate of drug-likeness (QED) is 0.236. The zero-order valence-corrected chi connectivity index (χ0v) is 20.5. The lowest BCUT2D eigenvalue weighted by Crippen LogP contribution is -2.37. The Bertz CT molecular complexity index is 1110. The van der Waals surface area contributed by atoms with Crippen LogP contribution in [0.1, 0.15) is 11.1 Å². The van der Waals surface area contributed by atoms with E-state index < -0.39 is 5.97 Å². The molecule has 7 heteroatoms. The van der Waals surface area contributed by atoms with Crippen LogP contribution in [-0.4, -0.2) is 66.0 Å². The Hall–Kier alpha value is -3.29. The van der Waals surface area contributed by atoms with Crippen molar-refractivity contribution >= 4 is 23.4 Å². The molecule has 182 valence electrons. The second-order valence-corrected chi connectivity index (χ2v) is 9.49. The Balaban J connectivity index is 1.38. The van der Waals surface area contributed by atoms with E-state index in [1.165, 1.54) is 11.1 Å². The molecule has 0 spiro atoms. The molecule has 4 rings (SSSR count). The van der Waals surface area contributed by atoms with Crippen LogP contribution in [-0.2, 0) is 16.1 Å². The molecule has 1 aliphatic rings. The van der Waals surface area contributed by atoms with E-state index in [1.807, 2.05) is 36.0 Å². The summed E-state index contributed by atoms with van der Waals surface area (Å²) < 4.78 is 5.73. The first-order valence-electron chi connectivity index (χ1n) is 11.8. The van der Waals surface area contributed by atoms with Crippen molar-refractivity contribution in [1.82, 2.24) is 4.90 Å². The normalized spacial score (nSPS) is 14.5. The fraction of sp³-hybridized carbons (Fsp3) is 0.286. The van der Waals surface area contributed by atoms with E-state index in [0.717, 1.165) is 42.4 Å². The van der Waals surface area contributed by atoms with Gasteiger partial charge in [-0.2, -0.15) is 11.8 Å². The first-order valence-corrected chi connectivity index (χ1v) is 12.9. The molecule has 1 saturated heterocycles. The smallest absolute Gasteiger partial charge is 0.307 e. The Morgan fingerprint density at radius 3 is 2.40 bits per heavy atom. The van der Waals surface area contributed by atoms with Crippen LogP contribution in [0.3, 0.4) is 0 Å². The predicted octanol–water partition coefficient (Wildman–Crippen LogP) is 4.83. The minimum Gasteiger partial charge on any atom is -0.490 e. The van der Waals surface area contributed by atoms with Crippen LogP contribution in [0.4, 0.5) is 0 Å². The number of aliphatic carboxylic acids is 1. The standard InChI is InChI=1S/C28H30N2O4S/c31-28(32)20-22-5-4-8-26(19-22)33-15-16-34-29-27(21-30-13-17-35-18-14-30)25-11-9-24(10-12-25)23-6-2-1-3-7-23/h1-12,19H,13-18,20-21H2,(H,31,32). The van der Waals surface area contributed by atoms with Crippen molar-refractivity contribution in [2.24, 2.45) is 5.16 Å². The SMILES string of the molecule is O=C(O)Cc1cccc(OCCON=C(CN2CCSCC2)c2ccc(-c3ccccc3)cc2)c1. The van der Waals surface area contributed by atoms with Crippen molar-refractivity contribution in [2.45, 2.75) is 6.42 Å². The molecule has 0 bridgehead atoms. The van der Waals surface area contributed by atoms with Crippen molar-refractivity contribution in [3.63, 3.8) is 0 Å². The largest absolute Gasteiger partial charge is 0.490 e. The number of nitrogens with zero attached hydrogens (tertiary/aromatic N) is 2. The van der Waals surface area contributed by atoms with E-state index >= 15 is 0 Å². The highest BCUT2D eigenvalue weighted by Gasteiger charge is 2.15. The summed E-state index contributed by atoms with van der Waals surface area (Å²) in [4.78, 5) is 19.0. The minimum absolute atomic E-state index is 0.0284. The molecule has 6 nitrogen and oxygen atoms in total. The lowest BCUT2D eigenvalue weighted by Gasteiger charge is -2.26. The number of thioether (sulfide) groups is 1. The highest BCUT2D eigenvalue weighted by Crippen LogP contribution is 2.20.